The fourth-order valence-electron chi connectivity index (χ4n) is 6.50. The zero-order valence-corrected chi connectivity index (χ0v) is 29.2. The minimum atomic E-state index is -0.950. The maximum absolute atomic E-state index is 11.7. The van der Waals surface area contributed by atoms with Crippen LogP contribution < -0.4 is 4.74 Å². The number of ether oxygens (including phenoxy) is 2. The molecule has 0 spiro atoms. The van der Waals surface area contributed by atoms with Crippen LogP contribution in [-0.4, -0.2) is 38.7 Å². The number of imidazole rings is 1. The van der Waals surface area contributed by atoms with Crippen LogP contribution in [0, 0.1) is 0 Å². The number of halogens is 3. The summed E-state index contributed by atoms with van der Waals surface area (Å²) in [6.45, 7) is 5.02. The Morgan fingerprint density at radius 1 is 0.917 bits per heavy atom. The van der Waals surface area contributed by atoms with Crippen LogP contribution in [0.4, 0.5) is 0 Å². The molecule has 10 heteroatoms. The number of aromatic carboxylic acids is 1. The van der Waals surface area contributed by atoms with Gasteiger partial charge in [0.1, 0.15) is 24.8 Å². The van der Waals surface area contributed by atoms with Crippen molar-refractivity contribution in [2.24, 2.45) is 4.99 Å². The van der Waals surface area contributed by atoms with E-state index in [2.05, 4.69) is 30.5 Å². The summed E-state index contributed by atoms with van der Waals surface area (Å²) in [7, 11) is 0. The van der Waals surface area contributed by atoms with Crippen LogP contribution in [0.5, 0.6) is 5.75 Å². The highest BCUT2D eigenvalue weighted by Gasteiger charge is 2.28. The van der Waals surface area contributed by atoms with Crippen molar-refractivity contribution in [3.63, 3.8) is 0 Å². The minimum Gasteiger partial charge on any atom is -0.489 e. The van der Waals surface area contributed by atoms with E-state index in [1.807, 2.05) is 60.7 Å². The summed E-state index contributed by atoms with van der Waals surface area (Å²) >= 11 is 6.18. The molecule has 0 saturated heterocycles. The smallest absolute Gasteiger partial charge is 0.335 e. The van der Waals surface area contributed by atoms with Gasteiger partial charge in [-0.3, -0.25) is 0 Å². The number of rotatable bonds is 8. The third-order valence-electron chi connectivity index (χ3n) is 8.86. The molecule has 1 fully saturated rings. The Morgan fingerprint density at radius 3 is 2.27 bits per heavy atom. The topological polar surface area (TPSA) is 85.9 Å². The average Bonchev–Trinajstić information content (AvgIpc) is 3.64. The molecule has 0 bridgehead atoms. The van der Waals surface area contributed by atoms with Crippen LogP contribution in [0.15, 0.2) is 89.9 Å². The number of carboxylic acids is 1. The molecule has 0 amide bonds. The SMILES string of the molecule is CC1(C)COC(c2ccc(-c3ccc(Cl)cc3)c(COc3ccc(-c4nc5cc(C(=O)O)ccc5n4C4CCCCC4)cc3)c2)=N1.Cl.Cl. The molecule has 1 aromatic heterocycles. The van der Waals surface area contributed by atoms with Crippen molar-refractivity contribution in [2.45, 2.75) is 64.1 Å². The summed E-state index contributed by atoms with van der Waals surface area (Å²) in [6.07, 6.45) is 5.78. The predicted octanol–water partition coefficient (Wildman–Crippen LogP) is 10.2. The van der Waals surface area contributed by atoms with Gasteiger partial charge in [0.05, 0.1) is 22.1 Å². The number of hydrogen-bond donors (Lipinski definition) is 1. The molecule has 1 saturated carbocycles. The second-order valence-electron chi connectivity index (χ2n) is 12.8. The lowest BCUT2D eigenvalue weighted by atomic mass is 9.95. The monoisotopic (exact) mass is 705 g/mol. The quantitative estimate of drug-likeness (QED) is 0.174. The highest BCUT2D eigenvalue weighted by Crippen LogP contribution is 2.37. The lowest BCUT2D eigenvalue weighted by molar-refractivity contribution is 0.0697. The molecule has 7 nitrogen and oxygen atoms in total. The first-order valence-corrected chi connectivity index (χ1v) is 16.2. The first-order valence-electron chi connectivity index (χ1n) is 15.8. The Hall–Kier alpha value is -4.04. The van der Waals surface area contributed by atoms with Gasteiger partial charge in [0, 0.05) is 22.2 Å². The molecule has 1 aliphatic heterocycles. The predicted molar refractivity (Wildman–Crippen MR) is 197 cm³/mol. The summed E-state index contributed by atoms with van der Waals surface area (Å²) in [5, 5.41) is 10.3. The van der Waals surface area contributed by atoms with Gasteiger partial charge in [-0.2, -0.15) is 0 Å². The molecule has 2 heterocycles. The molecule has 5 aromatic rings. The van der Waals surface area contributed by atoms with Crippen molar-refractivity contribution in [3.05, 3.63) is 107 Å². The Bertz CT molecular complexity index is 1950. The Kier molecular flexibility index (Phi) is 10.7. The highest BCUT2D eigenvalue weighted by molar-refractivity contribution is 6.30. The summed E-state index contributed by atoms with van der Waals surface area (Å²) in [5.41, 5.74) is 6.67. The number of aliphatic imine (C=N–C) groups is 1. The van der Waals surface area contributed by atoms with E-state index in [1.54, 1.807) is 12.1 Å². The van der Waals surface area contributed by atoms with Gasteiger partial charge in [-0.25, -0.2) is 14.8 Å². The number of fused-ring (bicyclic) bond motifs is 1. The van der Waals surface area contributed by atoms with Crippen LogP contribution in [0.3, 0.4) is 0 Å². The molecular weight excluding hydrogens is 669 g/mol. The molecule has 0 unspecified atom stereocenters. The van der Waals surface area contributed by atoms with Crippen molar-refractivity contribution in [3.8, 4) is 28.3 Å². The van der Waals surface area contributed by atoms with Crippen molar-refractivity contribution < 1.29 is 19.4 Å². The number of carboxylic acid groups (broad SMARTS) is 1. The second-order valence-corrected chi connectivity index (χ2v) is 13.3. The molecule has 4 aromatic carbocycles. The fourth-order valence-corrected chi connectivity index (χ4v) is 6.62. The van der Waals surface area contributed by atoms with Gasteiger partial charge in [-0.1, -0.05) is 49.1 Å². The normalized spacial score (nSPS) is 15.6. The molecule has 1 aliphatic carbocycles. The summed E-state index contributed by atoms with van der Waals surface area (Å²) in [5.74, 6) is 1.29. The molecular formula is C38H38Cl3N3O4. The van der Waals surface area contributed by atoms with Gasteiger partial charge in [-0.15, -0.1) is 24.8 Å². The number of aromatic nitrogens is 2. The number of hydrogen-bond acceptors (Lipinski definition) is 5. The first-order chi connectivity index (χ1) is 22.2. The van der Waals surface area contributed by atoms with E-state index in [1.165, 1.54) is 19.3 Å². The largest absolute Gasteiger partial charge is 0.489 e. The van der Waals surface area contributed by atoms with E-state index in [0.717, 1.165) is 57.7 Å². The lowest BCUT2D eigenvalue weighted by Gasteiger charge is -2.25. The fraction of sp³-hybridized carbons (Fsp3) is 0.289. The molecule has 1 N–H and O–H groups in total. The molecule has 250 valence electrons. The van der Waals surface area contributed by atoms with Gasteiger partial charge >= 0.3 is 5.97 Å². The minimum absolute atomic E-state index is 0. The standard InChI is InChI=1S/C38H36ClN3O4.2ClH/c1-38(2)23-46-36(41-38)26-12-18-32(24-8-14-29(39)15-9-24)28(20-26)22-45-31-16-10-25(11-17-31)35-40-33-21-27(37(43)44)13-19-34(33)42(35)30-6-4-3-5-7-30;;/h8-21,30H,3-7,22-23H2,1-2H3,(H,43,44);2*1H. The Labute approximate surface area is 297 Å². The molecule has 7 rings (SSSR count). The van der Waals surface area contributed by atoms with Crippen molar-refractivity contribution in [1.29, 1.82) is 0 Å². The third-order valence-corrected chi connectivity index (χ3v) is 9.11. The van der Waals surface area contributed by atoms with Crippen molar-refractivity contribution in [1.82, 2.24) is 9.55 Å². The third kappa shape index (κ3) is 7.34. The second kappa shape index (κ2) is 14.6. The Morgan fingerprint density at radius 2 is 1.60 bits per heavy atom. The van der Waals surface area contributed by atoms with E-state index in [0.29, 0.717) is 35.7 Å². The average molecular weight is 707 g/mol. The van der Waals surface area contributed by atoms with E-state index in [-0.39, 0.29) is 35.9 Å². The van der Waals surface area contributed by atoms with Gasteiger partial charge in [0.15, 0.2) is 0 Å². The first kappa shape index (κ1) is 35.3. The summed E-state index contributed by atoms with van der Waals surface area (Å²) in [6, 6.07) is 27.6. The maximum Gasteiger partial charge on any atom is 0.335 e. The van der Waals surface area contributed by atoms with Crippen LogP contribution in [-0.2, 0) is 11.3 Å². The molecule has 2 aliphatic rings. The van der Waals surface area contributed by atoms with Gasteiger partial charge in [0.2, 0.25) is 5.90 Å². The van der Waals surface area contributed by atoms with Gasteiger partial charge in [0.25, 0.3) is 0 Å². The highest BCUT2D eigenvalue weighted by atomic mass is 35.5. The number of benzene rings is 4. The van der Waals surface area contributed by atoms with Crippen molar-refractivity contribution >= 4 is 59.3 Å². The summed E-state index contributed by atoms with van der Waals surface area (Å²) in [4.78, 5) is 21.4. The maximum atomic E-state index is 11.7. The van der Waals surface area contributed by atoms with Gasteiger partial charge < -0.3 is 19.1 Å². The zero-order chi connectivity index (χ0) is 31.8. The van der Waals surface area contributed by atoms with Crippen LogP contribution in [0.1, 0.15) is 73.5 Å². The zero-order valence-electron chi connectivity index (χ0n) is 26.8. The van der Waals surface area contributed by atoms with Crippen LogP contribution in [0.25, 0.3) is 33.5 Å². The van der Waals surface area contributed by atoms with Crippen LogP contribution in [0.2, 0.25) is 5.02 Å². The van der Waals surface area contributed by atoms with E-state index >= 15 is 0 Å². The molecule has 0 radical (unpaired) electrons. The lowest BCUT2D eigenvalue weighted by Crippen LogP contribution is -2.17. The molecule has 0 atom stereocenters. The number of nitrogens with zero attached hydrogens (tertiary/aromatic N) is 3. The number of carbonyl (C=O) groups is 1. The summed E-state index contributed by atoms with van der Waals surface area (Å²) < 4.78 is 14.6. The van der Waals surface area contributed by atoms with Crippen molar-refractivity contribution in [2.75, 3.05) is 6.61 Å². The van der Waals surface area contributed by atoms with E-state index in [4.69, 9.17) is 31.1 Å². The molecule has 48 heavy (non-hydrogen) atoms. The van der Waals surface area contributed by atoms with E-state index < -0.39 is 5.97 Å². The Balaban J connectivity index is 0.00000225. The van der Waals surface area contributed by atoms with Crippen LogP contribution >= 0.6 is 36.4 Å². The van der Waals surface area contributed by atoms with Gasteiger partial charge in [-0.05, 0) is 110 Å². The van der Waals surface area contributed by atoms with E-state index in [9.17, 15) is 9.90 Å².